The van der Waals surface area contributed by atoms with Gasteiger partial charge in [-0.25, -0.2) is 4.98 Å². The Morgan fingerprint density at radius 3 is 2.80 bits per heavy atom. The van der Waals surface area contributed by atoms with Crippen molar-refractivity contribution in [1.29, 1.82) is 5.26 Å². The molecule has 5 heteroatoms. The molecule has 1 N–H and O–H groups in total. The number of pyridine rings is 1. The van der Waals surface area contributed by atoms with Crippen molar-refractivity contribution in [3.05, 3.63) is 53.9 Å². The van der Waals surface area contributed by atoms with Crippen molar-refractivity contribution < 1.29 is 14.3 Å². The first-order chi connectivity index (χ1) is 9.81. The summed E-state index contributed by atoms with van der Waals surface area (Å²) in [5.41, 5.74) is 1.28. The summed E-state index contributed by atoms with van der Waals surface area (Å²) in [7, 11) is 0. The van der Waals surface area contributed by atoms with Crippen molar-refractivity contribution in [3.8, 4) is 17.7 Å². The SMILES string of the molecule is N#Cc1oc2ccccc2c1Oc1ccc(CO)cn1. The van der Waals surface area contributed by atoms with E-state index in [0.717, 1.165) is 5.39 Å². The molecule has 0 atom stereocenters. The van der Waals surface area contributed by atoms with Gasteiger partial charge in [-0.05, 0) is 23.8 Å². The number of benzene rings is 1. The normalized spacial score (nSPS) is 10.4. The predicted octanol–water partition coefficient (Wildman–Crippen LogP) is 2.98. The van der Waals surface area contributed by atoms with E-state index in [1.807, 2.05) is 24.3 Å². The van der Waals surface area contributed by atoms with Crippen LogP contribution in [0.25, 0.3) is 11.0 Å². The van der Waals surface area contributed by atoms with E-state index in [4.69, 9.17) is 19.5 Å². The Balaban J connectivity index is 2.03. The average molecular weight is 266 g/mol. The van der Waals surface area contributed by atoms with Crippen LogP contribution in [0.2, 0.25) is 0 Å². The highest BCUT2D eigenvalue weighted by atomic mass is 16.5. The highest BCUT2D eigenvalue weighted by molar-refractivity contribution is 5.86. The Morgan fingerprint density at radius 2 is 2.10 bits per heavy atom. The van der Waals surface area contributed by atoms with Gasteiger partial charge in [0.2, 0.25) is 11.6 Å². The van der Waals surface area contributed by atoms with Gasteiger partial charge < -0.3 is 14.3 Å². The Morgan fingerprint density at radius 1 is 1.25 bits per heavy atom. The number of nitrogens with zero attached hydrogens (tertiary/aromatic N) is 2. The van der Waals surface area contributed by atoms with Crippen molar-refractivity contribution in [3.63, 3.8) is 0 Å². The third kappa shape index (κ3) is 2.09. The van der Waals surface area contributed by atoms with Gasteiger partial charge in [-0.3, -0.25) is 0 Å². The van der Waals surface area contributed by atoms with Gasteiger partial charge in [-0.15, -0.1) is 0 Å². The summed E-state index contributed by atoms with van der Waals surface area (Å²) in [6.45, 7) is -0.0780. The highest BCUT2D eigenvalue weighted by Gasteiger charge is 2.16. The first kappa shape index (κ1) is 12.2. The summed E-state index contributed by atoms with van der Waals surface area (Å²) in [4.78, 5) is 4.07. The number of ether oxygens (including phenoxy) is 1. The van der Waals surface area contributed by atoms with E-state index in [0.29, 0.717) is 22.8 Å². The standard InChI is InChI=1S/C15H10N2O3/c16-7-13-15(11-3-1-2-4-12(11)19-13)20-14-6-5-10(9-18)8-17-14/h1-6,8,18H,9H2. The van der Waals surface area contributed by atoms with E-state index in [1.165, 1.54) is 6.20 Å². The first-order valence-electron chi connectivity index (χ1n) is 5.97. The molecule has 0 saturated heterocycles. The van der Waals surface area contributed by atoms with E-state index in [2.05, 4.69) is 4.98 Å². The van der Waals surface area contributed by atoms with Gasteiger partial charge in [-0.1, -0.05) is 12.1 Å². The topological polar surface area (TPSA) is 79.3 Å². The lowest BCUT2D eigenvalue weighted by molar-refractivity contribution is 0.281. The van der Waals surface area contributed by atoms with Crippen LogP contribution in [-0.2, 0) is 6.61 Å². The maximum atomic E-state index is 9.10. The minimum absolute atomic E-state index is 0.0780. The summed E-state index contributed by atoms with van der Waals surface area (Å²) in [6, 6.07) is 12.6. The molecule has 0 aliphatic carbocycles. The quantitative estimate of drug-likeness (QED) is 0.788. The van der Waals surface area contributed by atoms with Gasteiger partial charge in [0.15, 0.2) is 5.75 Å². The zero-order chi connectivity index (χ0) is 13.9. The molecule has 20 heavy (non-hydrogen) atoms. The van der Waals surface area contributed by atoms with E-state index in [-0.39, 0.29) is 12.4 Å². The molecule has 2 aromatic heterocycles. The number of aliphatic hydroxyl groups is 1. The second-order valence-corrected chi connectivity index (χ2v) is 4.13. The largest absolute Gasteiger partial charge is 0.442 e. The zero-order valence-electron chi connectivity index (χ0n) is 10.4. The molecule has 0 unspecified atom stereocenters. The summed E-state index contributed by atoms with van der Waals surface area (Å²) in [6.07, 6.45) is 1.52. The van der Waals surface area contributed by atoms with Crippen molar-refractivity contribution in [2.75, 3.05) is 0 Å². The molecular weight excluding hydrogens is 256 g/mol. The van der Waals surface area contributed by atoms with Gasteiger partial charge in [0.05, 0.1) is 12.0 Å². The molecule has 0 fully saturated rings. The lowest BCUT2D eigenvalue weighted by Gasteiger charge is -2.03. The molecule has 2 heterocycles. The molecule has 0 radical (unpaired) electrons. The monoisotopic (exact) mass is 266 g/mol. The smallest absolute Gasteiger partial charge is 0.247 e. The second kappa shape index (κ2) is 5.03. The molecule has 0 amide bonds. The molecule has 1 aromatic carbocycles. The van der Waals surface area contributed by atoms with Crippen LogP contribution >= 0.6 is 0 Å². The molecule has 0 saturated carbocycles. The number of furan rings is 1. The predicted molar refractivity (Wildman–Crippen MR) is 71.2 cm³/mol. The summed E-state index contributed by atoms with van der Waals surface area (Å²) < 4.78 is 11.1. The lowest BCUT2D eigenvalue weighted by atomic mass is 10.2. The second-order valence-electron chi connectivity index (χ2n) is 4.13. The third-order valence-electron chi connectivity index (χ3n) is 2.84. The molecule has 98 valence electrons. The third-order valence-corrected chi connectivity index (χ3v) is 2.84. The molecule has 0 bridgehead atoms. The minimum atomic E-state index is -0.0780. The van der Waals surface area contributed by atoms with Gasteiger partial charge in [0, 0.05) is 12.3 Å². The summed E-state index contributed by atoms with van der Waals surface area (Å²) >= 11 is 0. The molecule has 3 rings (SSSR count). The summed E-state index contributed by atoms with van der Waals surface area (Å²) in [5, 5.41) is 18.8. The number of fused-ring (bicyclic) bond motifs is 1. The fourth-order valence-electron chi connectivity index (χ4n) is 1.87. The first-order valence-corrected chi connectivity index (χ1v) is 5.97. The van der Waals surface area contributed by atoms with E-state index in [1.54, 1.807) is 18.2 Å². The number of aromatic nitrogens is 1. The van der Waals surface area contributed by atoms with E-state index >= 15 is 0 Å². The molecule has 0 aliphatic rings. The van der Waals surface area contributed by atoms with Crippen molar-refractivity contribution >= 4 is 11.0 Å². The number of nitriles is 1. The van der Waals surface area contributed by atoms with Gasteiger partial charge in [0.25, 0.3) is 0 Å². The summed E-state index contributed by atoms with van der Waals surface area (Å²) in [5.74, 6) is 0.803. The molecule has 0 spiro atoms. The van der Waals surface area contributed by atoms with Crippen molar-refractivity contribution in [1.82, 2.24) is 4.98 Å². The number of hydrogen-bond acceptors (Lipinski definition) is 5. The fourth-order valence-corrected chi connectivity index (χ4v) is 1.87. The van der Waals surface area contributed by atoms with Crippen LogP contribution in [0.4, 0.5) is 0 Å². The maximum absolute atomic E-state index is 9.10. The number of para-hydroxylation sites is 1. The van der Waals surface area contributed by atoms with Gasteiger partial charge in [-0.2, -0.15) is 5.26 Å². The highest BCUT2D eigenvalue weighted by Crippen LogP contribution is 2.35. The van der Waals surface area contributed by atoms with Crippen LogP contribution in [0.15, 0.2) is 47.0 Å². The van der Waals surface area contributed by atoms with Crippen molar-refractivity contribution in [2.45, 2.75) is 6.61 Å². The number of aliphatic hydroxyl groups excluding tert-OH is 1. The van der Waals surface area contributed by atoms with E-state index < -0.39 is 0 Å². The van der Waals surface area contributed by atoms with Crippen LogP contribution in [0.3, 0.4) is 0 Å². The Labute approximate surface area is 114 Å². The van der Waals surface area contributed by atoms with Crippen LogP contribution in [0.1, 0.15) is 11.3 Å². The van der Waals surface area contributed by atoms with Gasteiger partial charge in [0.1, 0.15) is 11.7 Å². The molecular formula is C15H10N2O3. The average Bonchev–Trinajstić information content (AvgIpc) is 2.86. The zero-order valence-corrected chi connectivity index (χ0v) is 10.4. The Kier molecular flexibility index (Phi) is 3.07. The number of rotatable bonds is 3. The molecule has 3 aromatic rings. The Bertz CT molecular complexity index is 785. The van der Waals surface area contributed by atoms with E-state index in [9.17, 15) is 0 Å². The molecule has 5 nitrogen and oxygen atoms in total. The minimum Gasteiger partial charge on any atom is -0.442 e. The fraction of sp³-hybridized carbons (Fsp3) is 0.0667. The van der Waals surface area contributed by atoms with Crippen LogP contribution in [0.5, 0.6) is 11.6 Å². The van der Waals surface area contributed by atoms with Crippen LogP contribution in [-0.4, -0.2) is 10.1 Å². The van der Waals surface area contributed by atoms with Crippen LogP contribution in [0, 0.1) is 11.3 Å². The van der Waals surface area contributed by atoms with Crippen LogP contribution < -0.4 is 4.74 Å². The van der Waals surface area contributed by atoms with Gasteiger partial charge >= 0.3 is 0 Å². The number of hydrogen-bond donors (Lipinski definition) is 1. The van der Waals surface area contributed by atoms with Crippen molar-refractivity contribution in [2.24, 2.45) is 0 Å². The Hall–Kier alpha value is -2.84. The maximum Gasteiger partial charge on any atom is 0.247 e. The lowest BCUT2D eigenvalue weighted by Crippen LogP contribution is -1.90. The molecule has 0 aliphatic heterocycles.